The van der Waals surface area contributed by atoms with Gasteiger partial charge in [0.25, 0.3) is 5.56 Å². The van der Waals surface area contributed by atoms with E-state index in [9.17, 15) is 4.79 Å². The number of benzene rings is 2. The van der Waals surface area contributed by atoms with E-state index in [0.29, 0.717) is 19.1 Å². The Morgan fingerprint density at radius 1 is 1.06 bits per heavy atom. The average Bonchev–Trinajstić information content (AvgIpc) is 3.53. The molecule has 2 heterocycles. The van der Waals surface area contributed by atoms with E-state index in [0.717, 1.165) is 40.7 Å². The van der Waals surface area contributed by atoms with Gasteiger partial charge in [0.15, 0.2) is 5.82 Å². The number of aromatic nitrogens is 5. The molecule has 0 amide bonds. The number of hydrogen-bond donors (Lipinski definition) is 1. The van der Waals surface area contributed by atoms with Crippen molar-refractivity contribution in [3.63, 3.8) is 0 Å². The predicted octanol–water partition coefficient (Wildman–Crippen LogP) is 5.34. The molecule has 182 valence electrons. The van der Waals surface area contributed by atoms with Gasteiger partial charge in [-0.25, -0.2) is 4.68 Å². The van der Waals surface area contributed by atoms with E-state index in [4.69, 9.17) is 0 Å². The molecule has 2 aromatic heterocycles. The third kappa shape index (κ3) is 4.91. The summed E-state index contributed by atoms with van der Waals surface area (Å²) < 4.78 is 2.06. The Morgan fingerprint density at radius 3 is 2.57 bits per heavy atom. The average molecular weight is 471 g/mol. The van der Waals surface area contributed by atoms with Gasteiger partial charge in [-0.2, -0.15) is 0 Å². The van der Waals surface area contributed by atoms with Crippen LogP contribution in [-0.4, -0.2) is 30.1 Å². The first-order chi connectivity index (χ1) is 17.0. The molecule has 4 aromatic rings. The molecule has 2 aromatic carbocycles. The number of pyridine rings is 1. The monoisotopic (exact) mass is 470 g/mol. The molecule has 0 saturated heterocycles. The van der Waals surface area contributed by atoms with Crippen molar-refractivity contribution in [1.82, 2.24) is 30.1 Å². The van der Waals surface area contributed by atoms with Gasteiger partial charge in [-0.05, 0) is 58.7 Å². The van der Waals surface area contributed by atoms with Crippen molar-refractivity contribution in [2.45, 2.75) is 71.6 Å². The zero-order chi connectivity index (χ0) is 24.4. The van der Waals surface area contributed by atoms with Gasteiger partial charge in [0, 0.05) is 18.7 Å². The lowest BCUT2D eigenvalue weighted by atomic mass is 9.99. The summed E-state index contributed by atoms with van der Waals surface area (Å²) in [6.45, 7) is 7.66. The first-order valence-electron chi connectivity index (χ1n) is 12.7. The lowest BCUT2D eigenvalue weighted by molar-refractivity contribution is 0.123. The number of hydrogen-bond acceptors (Lipinski definition) is 5. The van der Waals surface area contributed by atoms with Crippen molar-refractivity contribution in [2.24, 2.45) is 5.92 Å². The maximum atomic E-state index is 13.2. The van der Waals surface area contributed by atoms with Crippen LogP contribution < -0.4 is 5.56 Å². The van der Waals surface area contributed by atoms with Crippen LogP contribution >= 0.6 is 0 Å². The molecule has 1 saturated carbocycles. The number of aromatic amines is 1. The second kappa shape index (κ2) is 10.1. The molecule has 0 radical (unpaired) electrons. The van der Waals surface area contributed by atoms with E-state index in [1.807, 2.05) is 31.2 Å². The number of nitrogens with one attached hydrogen (secondary N) is 1. The summed E-state index contributed by atoms with van der Waals surface area (Å²) in [7, 11) is 0. The number of nitrogens with zero attached hydrogens (tertiary/aromatic N) is 5. The fraction of sp³-hybridized carbons (Fsp3) is 0.429. The molecule has 0 aliphatic heterocycles. The summed E-state index contributed by atoms with van der Waals surface area (Å²) in [5.74, 6) is 1.16. The summed E-state index contributed by atoms with van der Waals surface area (Å²) in [4.78, 5) is 18.7. The Hall–Kier alpha value is -3.32. The van der Waals surface area contributed by atoms with Gasteiger partial charge in [-0.15, -0.1) is 5.10 Å². The molecule has 0 unspecified atom stereocenters. The Kier molecular flexibility index (Phi) is 6.77. The number of rotatable bonds is 8. The van der Waals surface area contributed by atoms with Gasteiger partial charge in [-0.1, -0.05) is 75.2 Å². The molecule has 7 nitrogen and oxygen atoms in total. The second-order valence-corrected chi connectivity index (χ2v) is 10.2. The van der Waals surface area contributed by atoms with Crippen LogP contribution in [0.2, 0.25) is 0 Å². The molecule has 5 rings (SSSR count). The number of fused-ring (bicyclic) bond motifs is 1. The van der Waals surface area contributed by atoms with Crippen LogP contribution in [0.1, 0.15) is 74.1 Å². The van der Waals surface area contributed by atoms with Gasteiger partial charge < -0.3 is 4.98 Å². The normalized spacial score (nSPS) is 15.5. The third-order valence-corrected chi connectivity index (χ3v) is 7.25. The van der Waals surface area contributed by atoms with Gasteiger partial charge in [0.05, 0.1) is 17.6 Å². The van der Waals surface area contributed by atoms with E-state index in [1.54, 1.807) is 0 Å². The molecule has 1 fully saturated rings. The maximum Gasteiger partial charge on any atom is 0.252 e. The molecule has 1 aliphatic rings. The molecule has 1 N–H and O–H groups in total. The summed E-state index contributed by atoms with van der Waals surface area (Å²) in [6, 6.07) is 18.9. The summed E-state index contributed by atoms with van der Waals surface area (Å²) in [5.41, 5.74) is 3.89. The van der Waals surface area contributed by atoms with Gasteiger partial charge in [-0.3, -0.25) is 9.69 Å². The highest BCUT2D eigenvalue weighted by atomic mass is 16.1. The first kappa shape index (κ1) is 23.4. The minimum Gasteiger partial charge on any atom is -0.321 e. The van der Waals surface area contributed by atoms with Crippen LogP contribution in [0, 0.1) is 12.8 Å². The van der Waals surface area contributed by atoms with Gasteiger partial charge in [0.1, 0.15) is 0 Å². The maximum absolute atomic E-state index is 13.2. The lowest BCUT2D eigenvalue weighted by Crippen LogP contribution is -2.35. The van der Waals surface area contributed by atoms with Crippen molar-refractivity contribution in [3.8, 4) is 0 Å². The molecule has 0 bridgehead atoms. The quantitative estimate of drug-likeness (QED) is 0.376. The Morgan fingerprint density at radius 2 is 1.83 bits per heavy atom. The van der Waals surface area contributed by atoms with Crippen LogP contribution in [0.15, 0.2) is 59.4 Å². The topological polar surface area (TPSA) is 79.7 Å². The van der Waals surface area contributed by atoms with Crippen LogP contribution in [0.3, 0.4) is 0 Å². The van der Waals surface area contributed by atoms with E-state index < -0.39 is 0 Å². The number of aryl methyl sites for hydroxylation is 1. The second-order valence-electron chi connectivity index (χ2n) is 10.2. The van der Waals surface area contributed by atoms with Gasteiger partial charge in [0.2, 0.25) is 0 Å². The van der Waals surface area contributed by atoms with Crippen molar-refractivity contribution >= 4 is 10.9 Å². The minimum atomic E-state index is -0.0391. The van der Waals surface area contributed by atoms with E-state index in [-0.39, 0.29) is 17.5 Å². The smallest absolute Gasteiger partial charge is 0.252 e. The molecule has 7 heteroatoms. The van der Waals surface area contributed by atoms with Crippen LogP contribution in [0.25, 0.3) is 10.9 Å². The Labute approximate surface area is 206 Å². The van der Waals surface area contributed by atoms with Crippen LogP contribution in [0.4, 0.5) is 0 Å². The first-order valence-corrected chi connectivity index (χ1v) is 12.7. The zero-order valence-electron chi connectivity index (χ0n) is 20.8. The largest absolute Gasteiger partial charge is 0.321 e. The standard InChI is InChI=1S/C28H34N6O/c1-19(2)26(27-30-31-32-34(27)24-14-7-8-15-24)33(17-21-11-5-4-6-12-21)18-23-16-22-13-9-10-20(3)25(22)29-28(23)35/h4-6,9-13,16,19,24,26H,7-8,14-15,17-18H2,1-3H3,(H,29,35)/t26-/m1/s1. The molecule has 0 spiro atoms. The van der Waals surface area contributed by atoms with Crippen molar-refractivity contribution in [1.29, 1.82) is 0 Å². The van der Waals surface area contributed by atoms with Crippen LogP contribution in [0.5, 0.6) is 0 Å². The number of H-pyrrole nitrogens is 1. The Balaban J connectivity index is 1.56. The third-order valence-electron chi connectivity index (χ3n) is 7.25. The molecule has 1 aliphatic carbocycles. The molecular formula is C28H34N6O. The minimum absolute atomic E-state index is 0.0292. The van der Waals surface area contributed by atoms with Crippen molar-refractivity contribution in [3.05, 3.63) is 87.5 Å². The fourth-order valence-corrected chi connectivity index (χ4v) is 5.52. The van der Waals surface area contributed by atoms with Gasteiger partial charge >= 0.3 is 0 Å². The summed E-state index contributed by atoms with van der Waals surface area (Å²) in [5, 5.41) is 14.1. The van der Waals surface area contributed by atoms with Crippen molar-refractivity contribution in [2.75, 3.05) is 0 Å². The number of tetrazole rings is 1. The molecule has 1 atom stereocenters. The van der Waals surface area contributed by atoms with E-state index in [1.165, 1.54) is 18.4 Å². The summed E-state index contributed by atoms with van der Waals surface area (Å²) >= 11 is 0. The lowest BCUT2D eigenvalue weighted by Gasteiger charge is -2.34. The number of para-hydroxylation sites is 1. The molecule has 35 heavy (non-hydrogen) atoms. The van der Waals surface area contributed by atoms with E-state index in [2.05, 4.69) is 74.3 Å². The highest BCUT2D eigenvalue weighted by molar-refractivity contribution is 5.81. The fourth-order valence-electron chi connectivity index (χ4n) is 5.52. The summed E-state index contributed by atoms with van der Waals surface area (Å²) in [6.07, 6.45) is 4.67. The van der Waals surface area contributed by atoms with Crippen LogP contribution in [-0.2, 0) is 13.1 Å². The predicted molar refractivity (Wildman–Crippen MR) is 138 cm³/mol. The Bertz CT molecular complexity index is 1340. The van der Waals surface area contributed by atoms with E-state index >= 15 is 0 Å². The highest BCUT2D eigenvalue weighted by Crippen LogP contribution is 2.35. The van der Waals surface area contributed by atoms with Crippen molar-refractivity contribution < 1.29 is 0 Å². The molecular weight excluding hydrogens is 436 g/mol. The zero-order valence-corrected chi connectivity index (χ0v) is 20.8. The highest BCUT2D eigenvalue weighted by Gasteiger charge is 2.32. The SMILES string of the molecule is Cc1cccc2cc(CN(Cc3ccccc3)[C@@H](c3nnnn3C3CCCC3)C(C)C)c(=O)[nH]c12.